The van der Waals surface area contributed by atoms with Crippen molar-refractivity contribution in [3.8, 4) is 11.6 Å². The Labute approximate surface area is 136 Å². The van der Waals surface area contributed by atoms with E-state index in [1.54, 1.807) is 5.32 Å². The van der Waals surface area contributed by atoms with Crippen molar-refractivity contribution in [3.63, 3.8) is 0 Å². The molecule has 1 aromatic carbocycles. The van der Waals surface area contributed by atoms with Gasteiger partial charge in [0.2, 0.25) is 5.88 Å². The van der Waals surface area contributed by atoms with Gasteiger partial charge >= 0.3 is 12.4 Å². The van der Waals surface area contributed by atoms with E-state index in [2.05, 4.69) is 9.97 Å². The molecule has 5 nitrogen and oxygen atoms in total. The fourth-order valence-electron chi connectivity index (χ4n) is 1.63. The average molecular weight is 365 g/mol. The highest BCUT2D eigenvalue weighted by Crippen LogP contribution is 2.32. The van der Waals surface area contributed by atoms with Gasteiger partial charge in [0.05, 0.1) is 18.0 Å². The van der Waals surface area contributed by atoms with Crippen molar-refractivity contribution in [2.75, 3.05) is 6.54 Å². The molecule has 0 unspecified atom stereocenters. The van der Waals surface area contributed by atoms with Gasteiger partial charge in [0.1, 0.15) is 18.0 Å². The van der Waals surface area contributed by atoms with E-state index in [0.29, 0.717) is 6.07 Å². The summed E-state index contributed by atoms with van der Waals surface area (Å²) in [6.45, 7) is -1.56. The predicted molar refractivity (Wildman–Crippen MR) is 71.9 cm³/mol. The monoisotopic (exact) mass is 365 g/mol. The maximum atomic E-state index is 12.6. The zero-order chi connectivity index (χ0) is 18.7. The van der Waals surface area contributed by atoms with Gasteiger partial charge in [-0.05, 0) is 18.2 Å². The molecule has 134 valence electrons. The highest BCUT2D eigenvalue weighted by atomic mass is 19.4. The molecule has 2 aromatic rings. The van der Waals surface area contributed by atoms with Crippen LogP contribution in [0.2, 0.25) is 0 Å². The number of aromatic nitrogens is 2. The highest BCUT2D eigenvalue weighted by Gasteiger charge is 2.31. The summed E-state index contributed by atoms with van der Waals surface area (Å²) in [6.07, 6.45) is -7.29. The van der Waals surface area contributed by atoms with E-state index in [-0.39, 0.29) is 11.6 Å². The second-order valence-corrected chi connectivity index (χ2v) is 4.67. The molecule has 0 aliphatic rings. The van der Waals surface area contributed by atoms with E-state index in [1.807, 2.05) is 0 Å². The lowest BCUT2D eigenvalue weighted by Gasteiger charge is -2.10. The van der Waals surface area contributed by atoms with Crippen LogP contribution in [0, 0.1) is 0 Å². The van der Waals surface area contributed by atoms with Gasteiger partial charge in [0.15, 0.2) is 0 Å². The molecule has 0 fully saturated rings. The number of ether oxygens (including phenoxy) is 1. The molecule has 0 radical (unpaired) electrons. The average Bonchev–Trinajstić information content (AvgIpc) is 2.51. The molecule has 1 aromatic heterocycles. The smallest absolute Gasteiger partial charge is 0.416 e. The second-order valence-electron chi connectivity index (χ2n) is 4.67. The van der Waals surface area contributed by atoms with Gasteiger partial charge in [-0.15, -0.1) is 0 Å². The summed E-state index contributed by atoms with van der Waals surface area (Å²) in [5.41, 5.74) is -1.44. The van der Waals surface area contributed by atoms with Gasteiger partial charge in [0.25, 0.3) is 5.91 Å². The van der Waals surface area contributed by atoms with Crippen molar-refractivity contribution in [2.45, 2.75) is 12.4 Å². The molecule has 0 aliphatic heterocycles. The van der Waals surface area contributed by atoms with Crippen LogP contribution < -0.4 is 10.1 Å². The van der Waals surface area contributed by atoms with Crippen LogP contribution in [0.3, 0.4) is 0 Å². The number of carbonyl (C=O) groups is 1. The Morgan fingerprint density at radius 2 is 1.84 bits per heavy atom. The highest BCUT2D eigenvalue weighted by molar-refractivity contribution is 5.92. The Bertz CT molecular complexity index is 761. The molecule has 1 N–H and O–H groups in total. The summed E-state index contributed by atoms with van der Waals surface area (Å²) in [4.78, 5) is 18.7. The molecule has 25 heavy (non-hydrogen) atoms. The van der Waals surface area contributed by atoms with Crippen LogP contribution in [0.25, 0.3) is 0 Å². The van der Waals surface area contributed by atoms with Crippen LogP contribution in [-0.2, 0) is 6.18 Å². The van der Waals surface area contributed by atoms with Crippen LogP contribution in [0.5, 0.6) is 11.6 Å². The van der Waals surface area contributed by atoms with E-state index in [4.69, 9.17) is 4.74 Å². The van der Waals surface area contributed by atoms with Crippen molar-refractivity contribution in [3.05, 3.63) is 47.9 Å². The summed E-state index contributed by atoms with van der Waals surface area (Å²) in [6, 6.07) is 3.86. The van der Waals surface area contributed by atoms with E-state index in [0.717, 1.165) is 24.5 Å². The first-order chi connectivity index (χ1) is 11.5. The molecular formula is C14H9F6N3O2. The number of nitrogens with zero attached hydrogens (tertiary/aromatic N) is 2. The molecule has 0 saturated carbocycles. The van der Waals surface area contributed by atoms with Crippen LogP contribution in [0.4, 0.5) is 26.3 Å². The van der Waals surface area contributed by atoms with E-state index >= 15 is 0 Å². The Morgan fingerprint density at radius 1 is 1.12 bits per heavy atom. The number of alkyl halides is 6. The summed E-state index contributed by atoms with van der Waals surface area (Å²) < 4.78 is 79.2. The minimum absolute atomic E-state index is 0.225. The third-order valence-corrected chi connectivity index (χ3v) is 2.68. The molecule has 1 amide bonds. The molecule has 1 heterocycles. The maximum absolute atomic E-state index is 12.6. The van der Waals surface area contributed by atoms with Crippen LogP contribution >= 0.6 is 0 Å². The third-order valence-electron chi connectivity index (χ3n) is 2.68. The zero-order valence-corrected chi connectivity index (χ0v) is 12.1. The Kier molecular flexibility index (Phi) is 5.14. The molecule has 0 saturated heterocycles. The summed E-state index contributed by atoms with van der Waals surface area (Å²) in [5.74, 6) is -1.73. The summed E-state index contributed by atoms with van der Waals surface area (Å²) in [7, 11) is 0. The minimum Gasteiger partial charge on any atom is -0.437 e. The van der Waals surface area contributed by atoms with Gasteiger partial charge < -0.3 is 10.1 Å². The van der Waals surface area contributed by atoms with E-state index in [1.165, 1.54) is 6.07 Å². The largest absolute Gasteiger partial charge is 0.437 e. The van der Waals surface area contributed by atoms with E-state index < -0.39 is 36.1 Å². The number of amides is 1. The number of rotatable bonds is 4. The molecular weight excluding hydrogens is 356 g/mol. The van der Waals surface area contributed by atoms with E-state index in [9.17, 15) is 31.1 Å². The van der Waals surface area contributed by atoms with Gasteiger partial charge in [-0.1, -0.05) is 6.07 Å². The Morgan fingerprint density at radius 3 is 2.48 bits per heavy atom. The first kappa shape index (κ1) is 18.5. The number of hydrogen-bond acceptors (Lipinski definition) is 4. The summed E-state index contributed by atoms with van der Waals surface area (Å²) in [5, 5.41) is 1.59. The Balaban J connectivity index is 2.13. The Hall–Kier alpha value is -2.85. The summed E-state index contributed by atoms with van der Waals surface area (Å²) >= 11 is 0. The van der Waals surface area contributed by atoms with Crippen molar-refractivity contribution in [2.24, 2.45) is 0 Å². The maximum Gasteiger partial charge on any atom is 0.416 e. The quantitative estimate of drug-likeness (QED) is 0.842. The number of hydrogen-bond donors (Lipinski definition) is 1. The fraction of sp³-hybridized carbons (Fsp3) is 0.214. The number of halogens is 6. The lowest BCUT2D eigenvalue weighted by molar-refractivity contribution is -0.137. The van der Waals surface area contributed by atoms with Gasteiger partial charge in [-0.25, -0.2) is 4.98 Å². The van der Waals surface area contributed by atoms with Crippen molar-refractivity contribution in [1.82, 2.24) is 15.3 Å². The zero-order valence-electron chi connectivity index (χ0n) is 12.1. The van der Waals surface area contributed by atoms with Crippen LogP contribution in [0.15, 0.2) is 36.7 Å². The molecule has 2 rings (SSSR count). The first-order valence-electron chi connectivity index (χ1n) is 6.57. The standard InChI is InChI=1S/C14H9F6N3O2/c15-13(16,17)7-22-12(24)10-5-21-6-11(23-10)25-9-3-1-2-8(4-9)14(18,19)20/h1-6H,7H2,(H,22,24). The number of benzene rings is 1. The molecule has 0 aliphatic carbocycles. The topological polar surface area (TPSA) is 64.1 Å². The third kappa shape index (κ3) is 5.62. The van der Waals surface area contributed by atoms with Crippen LogP contribution in [-0.4, -0.2) is 28.6 Å². The molecule has 11 heteroatoms. The second kappa shape index (κ2) is 6.95. The fourth-order valence-corrected chi connectivity index (χ4v) is 1.63. The number of carbonyl (C=O) groups excluding carboxylic acids is 1. The minimum atomic E-state index is -4.60. The normalized spacial score (nSPS) is 11.9. The van der Waals surface area contributed by atoms with Gasteiger partial charge in [0, 0.05) is 0 Å². The van der Waals surface area contributed by atoms with Gasteiger partial charge in [-0.2, -0.15) is 26.3 Å². The molecule has 0 atom stereocenters. The van der Waals surface area contributed by atoms with Gasteiger partial charge in [-0.3, -0.25) is 9.78 Å². The molecule has 0 bridgehead atoms. The van der Waals surface area contributed by atoms with Crippen molar-refractivity contribution in [1.29, 1.82) is 0 Å². The van der Waals surface area contributed by atoms with Crippen molar-refractivity contribution >= 4 is 5.91 Å². The SMILES string of the molecule is O=C(NCC(F)(F)F)c1cncc(Oc2cccc(C(F)(F)F)c2)n1. The number of nitrogens with one attached hydrogen (secondary N) is 1. The lowest BCUT2D eigenvalue weighted by Crippen LogP contribution is -2.34. The molecule has 0 spiro atoms. The lowest BCUT2D eigenvalue weighted by atomic mass is 10.2. The van der Waals surface area contributed by atoms with Crippen molar-refractivity contribution < 1.29 is 35.9 Å². The predicted octanol–water partition coefficient (Wildman–Crippen LogP) is 3.58. The van der Waals surface area contributed by atoms with Crippen LogP contribution in [0.1, 0.15) is 16.1 Å². The first-order valence-corrected chi connectivity index (χ1v) is 6.57.